The predicted molar refractivity (Wildman–Crippen MR) is 105 cm³/mol. The van der Waals surface area contributed by atoms with E-state index in [2.05, 4.69) is 10.6 Å². The Labute approximate surface area is 162 Å². The first kappa shape index (κ1) is 20.1. The van der Waals surface area contributed by atoms with E-state index in [-0.39, 0.29) is 11.8 Å². The van der Waals surface area contributed by atoms with Crippen molar-refractivity contribution in [2.45, 2.75) is 11.3 Å². The highest BCUT2D eigenvalue weighted by atomic mass is 35.5. The molecular formula is C19H21ClN2O3S. The fourth-order valence-electron chi connectivity index (χ4n) is 2.10. The van der Waals surface area contributed by atoms with Crippen LogP contribution in [0.2, 0.25) is 5.02 Å². The molecule has 5 nitrogen and oxygen atoms in total. The minimum absolute atomic E-state index is 0.0354. The third kappa shape index (κ3) is 6.98. The number of nitrogens with one attached hydrogen (secondary N) is 2. The van der Waals surface area contributed by atoms with Crippen molar-refractivity contribution in [1.82, 2.24) is 10.6 Å². The molecule has 0 fully saturated rings. The number of rotatable bonds is 9. The van der Waals surface area contributed by atoms with Crippen molar-refractivity contribution in [2.75, 3.05) is 26.0 Å². The van der Waals surface area contributed by atoms with Gasteiger partial charge in [-0.05, 0) is 48.5 Å². The van der Waals surface area contributed by atoms with Gasteiger partial charge in [0, 0.05) is 40.7 Å². The first-order chi connectivity index (χ1) is 12.6. The number of methoxy groups -OCH3 is 1. The fraction of sp³-hybridized carbons (Fsp3) is 0.263. The van der Waals surface area contributed by atoms with E-state index in [4.69, 9.17) is 16.3 Å². The molecule has 0 bridgehead atoms. The number of amides is 2. The average molecular weight is 393 g/mol. The summed E-state index contributed by atoms with van der Waals surface area (Å²) in [5, 5.41) is 6.13. The Morgan fingerprint density at radius 2 is 1.65 bits per heavy atom. The van der Waals surface area contributed by atoms with E-state index in [1.807, 2.05) is 24.3 Å². The fourth-order valence-corrected chi connectivity index (χ4v) is 3.08. The van der Waals surface area contributed by atoms with Crippen molar-refractivity contribution in [1.29, 1.82) is 0 Å². The van der Waals surface area contributed by atoms with Crippen molar-refractivity contribution < 1.29 is 14.3 Å². The Bertz CT molecular complexity index is 721. The van der Waals surface area contributed by atoms with Crippen LogP contribution in [0.5, 0.6) is 5.75 Å². The molecule has 0 unspecified atom stereocenters. The number of benzene rings is 2. The topological polar surface area (TPSA) is 67.4 Å². The van der Waals surface area contributed by atoms with Crippen LogP contribution in [0, 0.1) is 0 Å². The Hall–Kier alpha value is -2.18. The summed E-state index contributed by atoms with van der Waals surface area (Å²) in [6, 6.07) is 14.4. The van der Waals surface area contributed by atoms with E-state index in [9.17, 15) is 9.59 Å². The second-order valence-electron chi connectivity index (χ2n) is 5.39. The minimum Gasteiger partial charge on any atom is -0.497 e. The van der Waals surface area contributed by atoms with Crippen LogP contribution < -0.4 is 15.4 Å². The SMILES string of the molecule is COc1ccc(SCCC(=O)NCCNC(=O)c2ccc(Cl)cc2)cc1. The van der Waals surface area contributed by atoms with Crippen LogP contribution in [0.3, 0.4) is 0 Å². The van der Waals surface area contributed by atoms with E-state index in [1.54, 1.807) is 43.1 Å². The maximum absolute atomic E-state index is 11.9. The Morgan fingerprint density at radius 1 is 1.00 bits per heavy atom. The standard InChI is InChI=1S/C19H21ClN2O3S/c1-25-16-6-8-17(9-7-16)26-13-10-18(23)21-11-12-22-19(24)14-2-4-15(20)5-3-14/h2-9H,10-13H2,1H3,(H,21,23)(H,22,24). The highest BCUT2D eigenvalue weighted by molar-refractivity contribution is 7.99. The molecule has 2 aromatic rings. The molecule has 2 N–H and O–H groups in total. The summed E-state index contributed by atoms with van der Waals surface area (Å²) < 4.78 is 5.11. The lowest BCUT2D eigenvalue weighted by atomic mass is 10.2. The smallest absolute Gasteiger partial charge is 0.251 e. The molecule has 26 heavy (non-hydrogen) atoms. The number of hydrogen-bond donors (Lipinski definition) is 2. The summed E-state index contributed by atoms with van der Waals surface area (Å²) in [5.74, 6) is 1.28. The molecule has 2 amide bonds. The molecule has 138 valence electrons. The highest BCUT2D eigenvalue weighted by Gasteiger charge is 2.05. The van der Waals surface area contributed by atoms with Crippen LogP contribution in [-0.2, 0) is 4.79 Å². The van der Waals surface area contributed by atoms with Crippen LogP contribution in [0.4, 0.5) is 0 Å². The normalized spacial score (nSPS) is 10.2. The molecule has 2 rings (SSSR count). The zero-order valence-electron chi connectivity index (χ0n) is 14.5. The Morgan fingerprint density at radius 3 is 2.31 bits per heavy atom. The van der Waals surface area contributed by atoms with Crippen molar-refractivity contribution >= 4 is 35.2 Å². The molecule has 0 spiro atoms. The number of halogens is 1. The Kier molecular flexibility index (Phi) is 8.31. The van der Waals surface area contributed by atoms with E-state index in [0.717, 1.165) is 10.6 Å². The Balaban J connectivity index is 1.58. The van der Waals surface area contributed by atoms with Gasteiger partial charge in [0.05, 0.1) is 7.11 Å². The van der Waals surface area contributed by atoms with Crippen LogP contribution in [0.25, 0.3) is 0 Å². The van der Waals surface area contributed by atoms with Gasteiger partial charge in [0.1, 0.15) is 5.75 Å². The van der Waals surface area contributed by atoms with Gasteiger partial charge in [-0.1, -0.05) is 11.6 Å². The number of carbonyl (C=O) groups excluding carboxylic acids is 2. The lowest BCUT2D eigenvalue weighted by Gasteiger charge is -2.07. The summed E-state index contributed by atoms with van der Waals surface area (Å²) in [4.78, 5) is 24.8. The third-order valence-electron chi connectivity index (χ3n) is 3.50. The largest absolute Gasteiger partial charge is 0.497 e. The van der Waals surface area contributed by atoms with Crippen molar-refractivity contribution in [3.05, 3.63) is 59.1 Å². The van der Waals surface area contributed by atoms with Gasteiger partial charge in [0.2, 0.25) is 5.91 Å². The molecule has 0 saturated heterocycles. The molecule has 0 heterocycles. The summed E-state index contributed by atoms with van der Waals surface area (Å²) in [6.45, 7) is 0.768. The molecule has 0 aliphatic rings. The maximum atomic E-state index is 11.9. The number of ether oxygens (including phenoxy) is 1. The van der Waals surface area contributed by atoms with E-state index < -0.39 is 0 Å². The van der Waals surface area contributed by atoms with Crippen molar-refractivity contribution in [3.8, 4) is 5.75 Å². The molecule has 2 aromatic carbocycles. The summed E-state index contributed by atoms with van der Waals surface area (Å²) >= 11 is 7.40. The van der Waals surface area contributed by atoms with Gasteiger partial charge in [-0.25, -0.2) is 0 Å². The second-order valence-corrected chi connectivity index (χ2v) is 6.99. The summed E-state index contributed by atoms with van der Waals surface area (Å²) in [5.41, 5.74) is 0.539. The first-order valence-electron chi connectivity index (χ1n) is 8.16. The van der Waals surface area contributed by atoms with E-state index in [0.29, 0.717) is 35.8 Å². The number of carbonyl (C=O) groups is 2. The quantitative estimate of drug-likeness (QED) is 0.507. The van der Waals surface area contributed by atoms with Gasteiger partial charge in [-0.15, -0.1) is 11.8 Å². The zero-order valence-corrected chi connectivity index (χ0v) is 16.0. The van der Waals surface area contributed by atoms with Crippen LogP contribution in [0.1, 0.15) is 16.8 Å². The number of thioether (sulfide) groups is 1. The van der Waals surface area contributed by atoms with E-state index in [1.165, 1.54) is 0 Å². The molecule has 0 aliphatic heterocycles. The van der Waals surface area contributed by atoms with Gasteiger partial charge in [-0.2, -0.15) is 0 Å². The molecule has 0 aliphatic carbocycles. The van der Waals surface area contributed by atoms with Gasteiger partial charge in [-0.3, -0.25) is 9.59 Å². The molecule has 7 heteroatoms. The summed E-state index contributed by atoms with van der Waals surface area (Å²) in [6.07, 6.45) is 0.418. The lowest BCUT2D eigenvalue weighted by molar-refractivity contribution is -0.120. The van der Waals surface area contributed by atoms with Crippen LogP contribution in [0.15, 0.2) is 53.4 Å². The predicted octanol–water partition coefficient (Wildman–Crippen LogP) is 3.38. The maximum Gasteiger partial charge on any atom is 0.251 e. The molecule has 0 aromatic heterocycles. The van der Waals surface area contributed by atoms with Crippen LogP contribution >= 0.6 is 23.4 Å². The van der Waals surface area contributed by atoms with Crippen molar-refractivity contribution in [3.63, 3.8) is 0 Å². The van der Waals surface area contributed by atoms with Gasteiger partial charge >= 0.3 is 0 Å². The van der Waals surface area contributed by atoms with Crippen LogP contribution in [-0.4, -0.2) is 37.8 Å². The number of hydrogen-bond acceptors (Lipinski definition) is 4. The lowest BCUT2D eigenvalue weighted by Crippen LogP contribution is -2.34. The molecule has 0 radical (unpaired) electrons. The molecule has 0 saturated carbocycles. The van der Waals surface area contributed by atoms with Gasteiger partial charge < -0.3 is 15.4 Å². The molecular weight excluding hydrogens is 372 g/mol. The van der Waals surface area contributed by atoms with E-state index >= 15 is 0 Å². The first-order valence-corrected chi connectivity index (χ1v) is 9.52. The van der Waals surface area contributed by atoms with Gasteiger partial charge in [0.15, 0.2) is 0 Å². The van der Waals surface area contributed by atoms with Gasteiger partial charge in [0.25, 0.3) is 5.91 Å². The molecule has 0 atom stereocenters. The minimum atomic E-state index is -0.189. The highest BCUT2D eigenvalue weighted by Crippen LogP contribution is 2.21. The second kappa shape index (κ2) is 10.7. The third-order valence-corrected chi connectivity index (χ3v) is 4.76. The summed E-state index contributed by atoms with van der Waals surface area (Å²) in [7, 11) is 1.63. The average Bonchev–Trinajstić information content (AvgIpc) is 2.66. The zero-order chi connectivity index (χ0) is 18.8. The monoisotopic (exact) mass is 392 g/mol. The van der Waals surface area contributed by atoms with Crippen molar-refractivity contribution in [2.24, 2.45) is 0 Å².